The SMILES string of the molecule is CCCCCCCC/C=C\CCCCCCCCC(=CCCO)C1([SiH3])CCCCO1. The quantitative estimate of drug-likeness (QED) is 0.134. The topological polar surface area (TPSA) is 29.5 Å². The van der Waals surface area contributed by atoms with Crippen LogP contribution >= 0.6 is 0 Å². The molecule has 1 rings (SSSR count). The molecule has 0 radical (unpaired) electrons. The monoisotopic (exact) mass is 436 g/mol. The van der Waals surface area contributed by atoms with Gasteiger partial charge in [0.15, 0.2) is 0 Å². The lowest BCUT2D eigenvalue weighted by atomic mass is 9.94. The molecule has 1 aliphatic rings. The Bertz CT molecular complexity index is 438. The Morgan fingerprint density at radius 2 is 1.43 bits per heavy atom. The molecule has 0 aliphatic carbocycles. The molecule has 2 nitrogen and oxygen atoms in total. The predicted molar refractivity (Wildman–Crippen MR) is 136 cm³/mol. The molecule has 0 amide bonds. The van der Waals surface area contributed by atoms with Crippen LogP contribution in [0.1, 0.15) is 129 Å². The third-order valence-electron chi connectivity index (χ3n) is 6.63. The number of aliphatic hydroxyl groups excluding tert-OH is 1. The average molecular weight is 437 g/mol. The van der Waals surface area contributed by atoms with E-state index in [1.54, 1.807) is 0 Å². The molecule has 0 aromatic heterocycles. The fourth-order valence-electron chi connectivity index (χ4n) is 4.57. The number of aliphatic hydroxyl groups is 1. The molecule has 3 heteroatoms. The van der Waals surface area contributed by atoms with Crippen LogP contribution in [0, 0.1) is 0 Å². The van der Waals surface area contributed by atoms with Crippen LogP contribution in [0.4, 0.5) is 0 Å². The van der Waals surface area contributed by atoms with Gasteiger partial charge in [0.05, 0.1) is 5.22 Å². The van der Waals surface area contributed by atoms with Crippen LogP contribution in [0.15, 0.2) is 23.8 Å². The van der Waals surface area contributed by atoms with Crippen molar-refractivity contribution in [2.75, 3.05) is 13.2 Å². The van der Waals surface area contributed by atoms with E-state index < -0.39 is 0 Å². The van der Waals surface area contributed by atoms with Crippen molar-refractivity contribution in [3.8, 4) is 0 Å². The summed E-state index contributed by atoms with van der Waals surface area (Å²) in [5, 5.41) is 9.30. The van der Waals surface area contributed by atoms with Crippen LogP contribution in [0.5, 0.6) is 0 Å². The van der Waals surface area contributed by atoms with Crippen LogP contribution in [0.25, 0.3) is 0 Å². The maximum Gasteiger partial charge on any atom is 0.0684 e. The van der Waals surface area contributed by atoms with E-state index in [-0.39, 0.29) is 11.8 Å². The van der Waals surface area contributed by atoms with E-state index in [0.717, 1.165) is 23.3 Å². The summed E-state index contributed by atoms with van der Waals surface area (Å²) in [6.45, 7) is 3.47. The first-order valence-corrected chi connectivity index (χ1v) is 14.3. The maximum atomic E-state index is 9.23. The molecule has 1 aliphatic heterocycles. The molecule has 1 heterocycles. The third kappa shape index (κ3) is 13.8. The maximum absolute atomic E-state index is 9.23. The number of rotatable bonds is 19. The summed E-state index contributed by atoms with van der Waals surface area (Å²) in [7, 11) is 1.07. The molecule has 0 bridgehead atoms. The molecule has 1 N–H and O–H groups in total. The molecule has 1 unspecified atom stereocenters. The van der Waals surface area contributed by atoms with Gasteiger partial charge in [-0.3, -0.25) is 0 Å². The zero-order chi connectivity index (χ0) is 21.8. The van der Waals surface area contributed by atoms with E-state index in [1.807, 2.05) is 0 Å². The van der Waals surface area contributed by atoms with Gasteiger partial charge in [0, 0.05) is 23.5 Å². The Morgan fingerprint density at radius 1 is 0.833 bits per heavy atom. The van der Waals surface area contributed by atoms with Crippen molar-refractivity contribution in [2.45, 2.75) is 134 Å². The van der Waals surface area contributed by atoms with Crippen LogP contribution in [0.2, 0.25) is 0 Å². The molecule has 1 saturated heterocycles. The summed E-state index contributed by atoms with van der Waals surface area (Å²) in [6.07, 6.45) is 31.8. The third-order valence-corrected chi connectivity index (χ3v) is 8.06. The fraction of sp³-hybridized carbons (Fsp3) is 0.852. The minimum atomic E-state index is 0.0647. The first kappa shape index (κ1) is 27.7. The van der Waals surface area contributed by atoms with Crippen LogP contribution in [-0.4, -0.2) is 33.8 Å². The van der Waals surface area contributed by atoms with Crippen molar-refractivity contribution in [1.29, 1.82) is 0 Å². The molecular formula is C27H52O2Si. The standard InChI is InChI=1S/C27H52O2Si/c1-2-3-4-5-6-7-8-9-10-11-12-13-14-15-16-17-21-26(22-20-24-28)27(30)23-18-19-25-29-27/h9-10,22,28H,2-8,11-21,23-25H2,1,30H3/b10-9-,26-22?. The molecule has 176 valence electrons. The van der Waals surface area contributed by atoms with Gasteiger partial charge in [-0.15, -0.1) is 0 Å². The molecular weight excluding hydrogens is 384 g/mol. The molecule has 30 heavy (non-hydrogen) atoms. The fourth-order valence-corrected chi connectivity index (χ4v) is 5.58. The minimum absolute atomic E-state index is 0.0647. The number of ether oxygens (including phenoxy) is 1. The molecule has 0 spiro atoms. The van der Waals surface area contributed by atoms with Crippen molar-refractivity contribution >= 4 is 10.2 Å². The first-order chi connectivity index (χ1) is 14.7. The van der Waals surface area contributed by atoms with Crippen molar-refractivity contribution in [3.05, 3.63) is 23.8 Å². The van der Waals surface area contributed by atoms with E-state index >= 15 is 0 Å². The summed E-state index contributed by atoms with van der Waals surface area (Å²) >= 11 is 0. The summed E-state index contributed by atoms with van der Waals surface area (Å²) in [5.41, 5.74) is 1.50. The Hall–Kier alpha value is -0.383. The van der Waals surface area contributed by atoms with Gasteiger partial charge in [-0.25, -0.2) is 0 Å². The Kier molecular flexibility index (Phi) is 17.8. The average Bonchev–Trinajstić information content (AvgIpc) is 2.76. The van der Waals surface area contributed by atoms with Crippen LogP contribution in [-0.2, 0) is 4.74 Å². The summed E-state index contributed by atoms with van der Waals surface area (Å²) < 4.78 is 6.21. The lowest BCUT2D eigenvalue weighted by molar-refractivity contribution is 0.00503. The van der Waals surface area contributed by atoms with Gasteiger partial charge >= 0.3 is 0 Å². The van der Waals surface area contributed by atoms with Crippen molar-refractivity contribution in [1.82, 2.24) is 0 Å². The summed E-state index contributed by atoms with van der Waals surface area (Å²) in [4.78, 5) is 0. The number of hydrogen-bond donors (Lipinski definition) is 1. The number of allylic oxidation sites excluding steroid dienone is 2. The lowest BCUT2D eigenvalue weighted by Gasteiger charge is -2.37. The van der Waals surface area contributed by atoms with E-state index in [1.165, 1.54) is 121 Å². The first-order valence-electron chi connectivity index (χ1n) is 13.3. The van der Waals surface area contributed by atoms with Gasteiger partial charge in [0.1, 0.15) is 0 Å². The molecule has 0 saturated carbocycles. The van der Waals surface area contributed by atoms with E-state index in [0.29, 0.717) is 0 Å². The second kappa shape index (κ2) is 19.3. The van der Waals surface area contributed by atoms with Crippen molar-refractivity contribution in [3.63, 3.8) is 0 Å². The van der Waals surface area contributed by atoms with E-state index in [9.17, 15) is 5.11 Å². The number of hydrogen-bond acceptors (Lipinski definition) is 2. The van der Waals surface area contributed by atoms with E-state index in [4.69, 9.17) is 4.74 Å². The lowest BCUT2D eigenvalue weighted by Crippen LogP contribution is -2.39. The van der Waals surface area contributed by atoms with Gasteiger partial charge < -0.3 is 9.84 Å². The van der Waals surface area contributed by atoms with Crippen LogP contribution in [0.3, 0.4) is 0 Å². The van der Waals surface area contributed by atoms with Gasteiger partial charge in [0.2, 0.25) is 0 Å². The van der Waals surface area contributed by atoms with Crippen molar-refractivity contribution in [2.24, 2.45) is 0 Å². The highest BCUT2D eigenvalue weighted by atomic mass is 28.1. The second-order valence-corrected chi connectivity index (χ2v) is 11.1. The number of unbranched alkanes of at least 4 members (excludes halogenated alkanes) is 12. The van der Waals surface area contributed by atoms with Gasteiger partial charge in [-0.05, 0) is 69.8 Å². The molecule has 1 fully saturated rings. The molecule has 0 aromatic carbocycles. The Morgan fingerprint density at radius 3 is 2.00 bits per heavy atom. The molecule has 1 atom stereocenters. The Labute approximate surface area is 191 Å². The normalized spacial score (nSPS) is 20.4. The zero-order valence-electron chi connectivity index (χ0n) is 20.4. The van der Waals surface area contributed by atoms with Gasteiger partial charge in [-0.2, -0.15) is 0 Å². The second-order valence-electron chi connectivity index (χ2n) is 9.47. The minimum Gasteiger partial charge on any atom is -0.396 e. The largest absolute Gasteiger partial charge is 0.396 e. The summed E-state index contributed by atoms with van der Waals surface area (Å²) in [6, 6.07) is 0. The van der Waals surface area contributed by atoms with Crippen molar-refractivity contribution < 1.29 is 9.84 Å². The predicted octanol–water partition coefficient (Wildman–Crippen LogP) is 6.99. The van der Waals surface area contributed by atoms with E-state index in [2.05, 4.69) is 25.2 Å². The van der Waals surface area contributed by atoms with Gasteiger partial charge in [0.25, 0.3) is 0 Å². The highest BCUT2D eigenvalue weighted by Crippen LogP contribution is 2.32. The highest BCUT2D eigenvalue weighted by molar-refractivity contribution is 6.16. The zero-order valence-corrected chi connectivity index (χ0v) is 22.4. The van der Waals surface area contributed by atoms with Crippen LogP contribution < -0.4 is 0 Å². The summed E-state index contributed by atoms with van der Waals surface area (Å²) in [5.74, 6) is 0. The Balaban J connectivity index is 2.00. The van der Waals surface area contributed by atoms with Gasteiger partial charge in [-0.1, -0.05) is 82.9 Å². The molecule has 0 aromatic rings. The smallest absolute Gasteiger partial charge is 0.0684 e. The highest BCUT2D eigenvalue weighted by Gasteiger charge is 2.31.